The number of nitrogens with zero attached hydrogens (tertiary/aromatic N) is 2. The first kappa shape index (κ1) is 19.5. The van der Waals surface area contributed by atoms with Crippen LogP contribution in [0.5, 0.6) is 0 Å². The van der Waals surface area contributed by atoms with E-state index < -0.39 is 0 Å². The number of furan rings is 1. The maximum atomic E-state index is 13.0. The van der Waals surface area contributed by atoms with E-state index in [0.717, 1.165) is 30.6 Å². The van der Waals surface area contributed by atoms with Crippen LogP contribution in [0.1, 0.15) is 67.6 Å². The van der Waals surface area contributed by atoms with Crippen molar-refractivity contribution >= 4 is 28.3 Å². The molecule has 4 bridgehead atoms. The maximum Gasteiger partial charge on any atom is 0.289 e. The molecule has 1 atom stereocenters. The largest absolute Gasteiger partial charge is 0.459 e. The first-order valence-corrected chi connectivity index (χ1v) is 12.6. The van der Waals surface area contributed by atoms with Gasteiger partial charge in [-0.3, -0.25) is 9.59 Å². The number of hydrogen-bond acceptors (Lipinski definition) is 5. The van der Waals surface area contributed by atoms with Gasteiger partial charge < -0.3 is 14.6 Å². The Morgan fingerprint density at radius 1 is 1.16 bits per heavy atom. The van der Waals surface area contributed by atoms with E-state index in [0.29, 0.717) is 24.0 Å². The highest BCUT2D eigenvalue weighted by molar-refractivity contribution is 7.14. The molecule has 31 heavy (non-hydrogen) atoms. The van der Waals surface area contributed by atoms with Crippen LogP contribution < -0.4 is 5.32 Å². The number of hydrogen-bond donors (Lipinski definition) is 1. The fraction of sp³-hybridized carbons (Fsp3) is 0.625. The molecule has 164 valence electrons. The van der Waals surface area contributed by atoms with Crippen LogP contribution in [-0.2, 0) is 10.2 Å². The summed E-state index contributed by atoms with van der Waals surface area (Å²) in [5.41, 5.74) is 1.47. The lowest BCUT2D eigenvalue weighted by Gasteiger charge is -2.56. The lowest BCUT2D eigenvalue weighted by molar-refractivity contribution is -0.121. The van der Waals surface area contributed by atoms with Crippen molar-refractivity contribution < 1.29 is 14.0 Å². The first-order chi connectivity index (χ1) is 15.1. The minimum absolute atomic E-state index is 0.0247. The van der Waals surface area contributed by atoms with Gasteiger partial charge in [0.15, 0.2) is 10.9 Å². The van der Waals surface area contributed by atoms with E-state index >= 15 is 0 Å². The highest BCUT2D eigenvalue weighted by Gasteiger charge is 2.52. The molecule has 7 heteroatoms. The molecule has 0 spiro atoms. The average molecular weight is 440 g/mol. The number of amides is 2. The Bertz CT molecular complexity index is 947. The van der Waals surface area contributed by atoms with Crippen molar-refractivity contribution in [3.05, 3.63) is 35.2 Å². The molecule has 3 heterocycles. The predicted molar refractivity (Wildman–Crippen MR) is 118 cm³/mol. The Morgan fingerprint density at radius 2 is 1.90 bits per heavy atom. The van der Waals surface area contributed by atoms with Crippen LogP contribution in [-0.4, -0.2) is 34.8 Å². The number of carbonyl (C=O) groups excluding carboxylic acids is 2. The molecule has 4 aliphatic carbocycles. The molecule has 5 fully saturated rings. The molecule has 2 aromatic rings. The quantitative estimate of drug-likeness (QED) is 0.750. The minimum Gasteiger partial charge on any atom is -0.459 e. The summed E-state index contributed by atoms with van der Waals surface area (Å²) < 4.78 is 5.24. The van der Waals surface area contributed by atoms with E-state index in [1.54, 1.807) is 28.4 Å². The van der Waals surface area contributed by atoms with Crippen molar-refractivity contribution in [2.75, 3.05) is 18.4 Å². The Hall–Kier alpha value is -2.15. The topological polar surface area (TPSA) is 75.4 Å². The van der Waals surface area contributed by atoms with Crippen molar-refractivity contribution in [2.45, 2.75) is 56.8 Å². The molecule has 1 aliphatic heterocycles. The van der Waals surface area contributed by atoms with Crippen LogP contribution in [0.4, 0.5) is 5.13 Å². The standard InChI is InChI=1S/C24H29N3O3S/c28-21(18-3-1-5-27(13-18)22(29)19-4-2-6-30-19)26-23-25-20(14-31-23)24-10-15-7-16(11-24)9-17(8-15)12-24/h2,4,6,14-18H,1,3,5,7-13H2,(H,25,26,28). The third-order valence-electron chi connectivity index (χ3n) is 8.13. The fourth-order valence-corrected chi connectivity index (χ4v) is 7.97. The average Bonchev–Trinajstić information content (AvgIpc) is 3.45. The lowest BCUT2D eigenvalue weighted by atomic mass is 9.49. The van der Waals surface area contributed by atoms with Gasteiger partial charge in [0.25, 0.3) is 5.91 Å². The molecular weight excluding hydrogens is 410 g/mol. The van der Waals surface area contributed by atoms with Crippen LogP contribution in [0.3, 0.4) is 0 Å². The molecule has 2 amide bonds. The zero-order chi connectivity index (χ0) is 21.0. The molecule has 1 saturated heterocycles. The van der Waals surface area contributed by atoms with Crippen LogP contribution in [0.25, 0.3) is 0 Å². The Balaban J connectivity index is 1.12. The summed E-state index contributed by atoms with van der Waals surface area (Å²) in [6, 6.07) is 3.39. The van der Waals surface area contributed by atoms with Gasteiger partial charge in [-0.05, 0) is 81.3 Å². The third kappa shape index (κ3) is 3.51. The summed E-state index contributed by atoms with van der Waals surface area (Å²) in [6.07, 6.45) is 11.2. The molecule has 5 aliphatic rings. The van der Waals surface area contributed by atoms with E-state index in [2.05, 4.69) is 10.7 Å². The molecule has 0 radical (unpaired) electrons. The van der Waals surface area contributed by atoms with E-state index in [1.807, 2.05) is 0 Å². The van der Waals surface area contributed by atoms with Crippen molar-refractivity contribution in [1.29, 1.82) is 0 Å². The van der Waals surface area contributed by atoms with Gasteiger partial charge in [-0.1, -0.05) is 0 Å². The van der Waals surface area contributed by atoms with Gasteiger partial charge in [-0.25, -0.2) is 4.98 Å². The van der Waals surface area contributed by atoms with Gasteiger partial charge in [0.2, 0.25) is 5.91 Å². The number of nitrogens with one attached hydrogen (secondary N) is 1. The van der Waals surface area contributed by atoms with E-state index in [-0.39, 0.29) is 23.1 Å². The maximum absolute atomic E-state index is 13.0. The van der Waals surface area contributed by atoms with Gasteiger partial charge in [0.05, 0.1) is 17.9 Å². The second kappa shape index (κ2) is 7.47. The molecule has 7 rings (SSSR count). The molecule has 0 aromatic carbocycles. The number of anilines is 1. The van der Waals surface area contributed by atoms with Crippen molar-refractivity contribution in [2.24, 2.45) is 23.7 Å². The molecule has 6 nitrogen and oxygen atoms in total. The van der Waals surface area contributed by atoms with Gasteiger partial charge >= 0.3 is 0 Å². The highest BCUT2D eigenvalue weighted by atomic mass is 32.1. The molecule has 1 N–H and O–H groups in total. The van der Waals surface area contributed by atoms with Crippen LogP contribution >= 0.6 is 11.3 Å². The van der Waals surface area contributed by atoms with Gasteiger partial charge in [-0.15, -0.1) is 11.3 Å². The SMILES string of the molecule is O=C(Nc1nc(C23CC4CC(CC(C4)C2)C3)cs1)C1CCCN(C(=O)c2ccco2)C1. The Morgan fingerprint density at radius 3 is 2.58 bits per heavy atom. The predicted octanol–water partition coefficient (Wildman–Crippen LogP) is 4.69. The molecule has 4 saturated carbocycles. The number of aromatic nitrogens is 1. The minimum atomic E-state index is -0.209. The zero-order valence-electron chi connectivity index (χ0n) is 17.7. The van der Waals surface area contributed by atoms with Crippen LogP contribution in [0, 0.1) is 23.7 Å². The number of rotatable bonds is 4. The van der Waals surface area contributed by atoms with Crippen molar-refractivity contribution in [1.82, 2.24) is 9.88 Å². The second-order valence-corrected chi connectivity index (χ2v) is 11.2. The Labute approximate surface area is 186 Å². The smallest absolute Gasteiger partial charge is 0.289 e. The van der Waals surface area contributed by atoms with Crippen molar-refractivity contribution in [3.8, 4) is 0 Å². The molecular formula is C24H29N3O3S. The van der Waals surface area contributed by atoms with Gasteiger partial charge in [-0.2, -0.15) is 0 Å². The summed E-state index contributed by atoms with van der Waals surface area (Å²) >= 11 is 1.56. The van der Waals surface area contributed by atoms with E-state index in [1.165, 1.54) is 50.5 Å². The van der Waals surface area contributed by atoms with Gasteiger partial charge in [0.1, 0.15) is 0 Å². The summed E-state index contributed by atoms with van der Waals surface area (Å²) in [4.78, 5) is 32.2. The lowest BCUT2D eigenvalue weighted by Crippen LogP contribution is -2.48. The normalized spacial score (nSPS) is 34.1. The van der Waals surface area contributed by atoms with Gasteiger partial charge in [0, 0.05) is 23.9 Å². The monoisotopic (exact) mass is 439 g/mol. The number of likely N-dealkylation sites (tertiary alicyclic amines) is 1. The summed E-state index contributed by atoms with van der Waals surface area (Å²) in [5, 5.41) is 5.97. The number of thiazole rings is 1. The Kier molecular flexibility index (Phi) is 4.70. The molecule has 2 aromatic heterocycles. The highest BCUT2D eigenvalue weighted by Crippen LogP contribution is 2.60. The number of piperidine rings is 1. The zero-order valence-corrected chi connectivity index (χ0v) is 18.5. The molecule has 1 unspecified atom stereocenters. The number of carbonyl (C=O) groups is 2. The van der Waals surface area contributed by atoms with E-state index in [9.17, 15) is 9.59 Å². The summed E-state index contributed by atoms with van der Waals surface area (Å²) in [5.74, 6) is 2.60. The first-order valence-electron chi connectivity index (χ1n) is 11.7. The third-order valence-corrected chi connectivity index (χ3v) is 8.88. The van der Waals surface area contributed by atoms with Crippen molar-refractivity contribution in [3.63, 3.8) is 0 Å². The van der Waals surface area contributed by atoms with Crippen LogP contribution in [0.15, 0.2) is 28.2 Å². The summed E-state index contributed by atoms with van der Waals surface area (Å²) in [6.45, 7) is 1.09. The fourth-order valence-electron chi connectivity index (χ4n) is 7.14. The summed E-state index contributed by atoms with van der Waals surface area (Å²) in [7, 11) is 0. The van der Waals surface area contributed by atoms with Crippen LogP contribution in [0.2, 0.25) is 0 Å². The van der Waals surface area contributed by atoms with E-state index in [4.69, 9.17) is 9.40 Å². The second-order valence-electron chi connectivity index (χ2n) is 10.3.